The van der Waals surface area contributed by atoms with Gasteiger partial charge in [-0.3, -0.25) is 9.79 Å². The van der Waals surface area contributed by atoms with Crippen molar-refractivity contribution < 1.29 is 14.3 Å². The first kappa shape index (κ1) is 19.7. The monoisotopic (exact) mass is 327 g/mol. The van der Waals surface area contributed by atoms with Crippen LogP contribution in [0.4, 0.5) is 0 Å². The Labute approximate surface area is 140 Å². The van der Waals surface area contributed by atoms with Gasteiger partial charge >= 0.3 is 5.97 Å². The van der Waals surface area contributed by atoms with E-state index in [1.807, 2.05) is 6.92 Å². The fourth-order valence-electron chi connectivity index (χ4n) is 2.99. The van der Waals surface area contributed by atoms with E-state index in [0.29, 0.717) is 18.4 Å². The van der Waals surface area contributed by atoms with Crippen LogP contribution in [0.2, 0.25) is 0 Å². The van der Waals surface area contributed by atoms with Crippen LogP contribution in [0.1, 0.15) is 40.5 Å². The zero-order valence-electron chi connectivity index (χ0n) is 15.4. The number of nitrogens with one attached hydrogen (secondary N) is 2. The van der Waals surface area contributed by atoms with Crippen molar-refractivity contribution in [2.45, 2.75) is 46.6 Å². The second-order valence-corrected chi connectivity index (χ2v) is 7.32. The zero-order valence-corrected chi connectivity index (χ0v) is 15.4. The van der Waals surface area contributed by atoms with Gasteiger partial charge < -0.3 is 20.1 Å². The molecule has 134 valence electrons. The van der Waals surface area contributed by atoms with Gasteiger partial charge in [-0.25, -0.2) is 0 Å². The number of hydrogen-bond acceptors (Lipinski definition) is 4. The normalized spacial score (nSPS) is 24.0. The summed E-state index contributed by atoms with van der Waals surface area (Å²) in [5, 5.41) is 6.54. The molecular weight excluding hydrogens is 294 g/mol. The molecule has 0 saturated carbocycles. The van der Waals surface area contributed by atoms with Crippen molar-refractivity contribution >= 4 is 11.9 Å². The van der Waals surface area contributed by atoms with Gasteiger partial charge in [-0.1, -0.05) is 27.7 Å². The van der Waals surface area contributed by atoms with Crippen molar-refractivity contribution in [2.75, 3.05) is 33.9 Å². The fourth-order valence-corrected chi connectivity index (χ4v) is 2.99. The lowest BCUT2D eigenvalue weighted by Crippen LogP contribution is -2.48. The quantitative estimate of drug-likeness (QED) is 0.458. The molecular formula is C17H33N3O3. The molecule has 0 bridgehead atoms. The molecule has 3 unspecified atom stereocenters. The maximum Gasteiger partial charge on any atom is 0.310 e. The van der Waals surface area contributed by atoms with Crippen LogP contribution in [-0.4, -0.2) is 51.9 Å². The SMILES string of the molecule is CN=C(NCC(C)C(=O)OC)NCC1CCCOC1C(C)(C)C. The summed E-state index contributed by atoms with van der Waals surface area (Å²) in [6.45, 7) is 10.7. The average Bonchev–Trinajstić information content (AvgIpc) is 2.53. The summed E-state index contributed by atoms with van der Waals surface area (Å²) in [4.78, 5) is 15.7. The van der Waals surface area contributed by atoms with Crippen molar-refractivity contribution in [2.24, 2.45) is 22.2 Å². The number of esters is 1. The second-order valence-electron chi connectivity index (χ2n) is 7.32. The summed E-state index contributed by atoms with van der Waals surface area (Å²) in [7, 11) is 3.14. The Hall–Kier alpha value is -1.30. The Morgan fingerprint density at radius 2 is 2.09 bits per heavy atom. The molecule has 0 amide bonds. The van der Waals surface area contributed by atoms with Crippen molar-refractivity contribution in [1.82, 2.24) is 10.6 Å². The number of rotatable bonds is 5. The first-order valence-electron chi connectivity index (χ1n) is 8.43. The molecule has 6 heteroatoms. The molecule has 23 heavy (non-hydrogen) atoms. The van der Waals surface area contributed by atoms with E-state index in [1.54, 1.807) is 7.05 Å². The molecule has 0 aliphatic carbocycles. The Balaban J connectivity index is 2.48. The number of carbonyl (C=O) groups is 1. The number of guanidine groups is 1. The number of ether oxygens (including phenoxy) is 2. The van der Waals surface area contributed by atoms with Gasteiger partial charge in [0.15, 0.2) is 5.96 Å². The van der Waals surface area contributed by atoms with Crippen LogP contribution in [-0.2, 0) is 14.3 Å². The van der Waals surface area contributed by atoms with E-state index in [4.69, 9.17) is 9.47 Å². The van der Waals surface area contributed by atoms with Crippen molar-refractivity contribution in [1.29, 1.82) is 0 Å². The lowest BCUT2D eigenvalue weighted by Gasteiger charge is -2.40. The Kier molecular flexibility index (Phi) is 7.82. The summed E-state index contributed by atoms with van der Waals surface area (Å²) in [5.41, 5.74) is 0.128. The molecule has 2 N–H and O–H groups in total. The van der Waals surface area contributed by atoms with Crippen LogP contribution in [0.25, 0.3) is 0 Å². The highest BCUT2D eigenvalue weighted by molar-refractivity contribution is 5.80. The third-order valence-electron chi connectivity index (χ3n) is 4.23. The van der Waals surface area contributed by atoms with Crippen LogP contribution in [0.5, 0.6) is 0 Å². The van der Waals surface area contributed by atoms with Gasteiger partial charge in [-0.15, -0.1) is 0 Å². The van der Waals surface area contributed by atoms with E-state index >= 15 is 0 Å². The van der Waals surface area contributed by atoms with E-state index in [0.717, 1.165) is 26.0 Å². The summed E-state index contributed by atoms with van der Waals surface area (Å²) >= 11 is 0. The van der Waals surface area contributed by atoms with Gasteiger partial charge in [-0.2, -0.15) is 0 Å². The maximum atomic E-state index is 11.4. The van der Waals surface area contributed by atoms with E-state index in [1.165, 1.54) is 7.11 Å². The molecule has 6 nitrogen and oxygen atoms in total. The van der Waals surface area contributed by atoms with Gasteiger partial charge in [-0.05, 0) is 18.3 Å². The smallest absolute Gasteiger partial charge is 0.310 e. The zero-order chi connectivity index (χ0) is 17.5. The molecule has 1 aliphatic heterocycles. The summed E-state index contributed by atoms with van der Waals surface area (Å²) in [6, 6.07) is 0. The minimum atomic E-state index is -0.221. The number of nitrogens with zero attached hydrogens (tertiary/aromatic N) is 1. The number of carbonyl (C=O) groups excluding carboxylic acids is 1. The van der Waals surface area contributed by atoms with E-state index in [-0.39, 0.29) is 23.4 Å². The minimum Gasteiger partial charge on any atom is -0.469 e. The predicted octanol–water partition coefficient (Wildman–Crippen LogP) is 1.80. The lowest BCUT2D eigenvalue weighted by molar-refractivity contribution is -0.144. The summed E-state index contributed by atoms with van der Waals surface area (Å²) < 4.78 is 10.7. The maximum absolute atomic E-state index is 11.4. The highest BCUT2D eigenvalue weighted by atomic mass is 16.5. The van der Waals surface area contributed by atoms with Crippen LogP contribution in [0.3, 0.4) is 0 Å². The fraction of sp³-hybridized carbons (Fsp3) is 0.882. The van der Waals surface area contributed by atoms with Crippen LogP contribution in [0, 0.1) is 17.3 Å². The predicted molar refractivity (Wildman–Crippen MR) is 92.5 cm³/mol. The molecule has 0 radical (unpaired) electrons. The molecule has 1 fully saturated rings. The average molecular weight is 327 g/mol. The molecule has 3 atom stereocenters. The summed E-state index contributed by atoms with van der Waals surface area (Å²) in [6.07, 6.45) is 2.50. The van der Waals surface area contributed by atoms with Crippen LogP contribution < -0.4 is 10.6 Å². The number of hydrogen-bond donors (Lipinski definition) is 2. The van der Waals surface area contributed by atoms with E-state index < -0.39 is 0 Å². The number of methoxy groups -OCH3 is 1. The highest BCUT2D eigenvalue weighted by Crippen LogP contribution is 2.33. The first-order valence-corrected chi connectivity index (χ1v) is 8.43. The Bertz CT molecular complexity index is 404. The van der Waals surface area contributed by atoms with Crippen molar-refractivity contribution in [3.63, 3.8) is 0 Å². The number of aliphatic imine (C=N–C) groups is 1. The molecule has 0 aromatic carbocycles. The Morgan fingerprint density at radius 3 is 2.65 bits per heavy atom. The van der Waals surface area contributed by atoms with Gasteiger partial charge in [0.05, 0.1) is 19.1 Å². The Morgan fingerprint density at radius 1 is 1.39 bits per heavy atom. The topological polar surface area (TPSA) is 72.0 Å². The molecule has 1 saturated heterocycles. The molecule has 0 spiro atoms. The molecule has 1 rings (SSSR count). The van der Waals surface area contributed by atoms with E-state index in [2.05, 4.69) is 36.4 Å². The molecule has 1 aliphatic rings. The third kappa shape index (κ3) is 6.37. The molecule has 0 aromatic heterocycles. The van der Waals surface area contributed by atoms with Crippen molar-refractivity contribution in [3.8, 4) is 0 Å². The van der Waals surface area contributed by atoms with E-state index in [9.17, 15) is 4.79 Å². The molecule has 1 heterocycles. The van der Waals surface area contributed by atoms with Crippen molar-refractivity contribution in [3.05, 3.63) is 0 Å². The van der Waals surface area contributed by atoms with Crippen LogP contribution in [0.15, 0.2) is 4.99 Å². The third-order valence-corrected chi connectivity index (χ3v) is 4.23. The summed E-state index contributed by atoms with van der Waals surface area (Å²) in [5.74, 6) is 0.736. The molecule has 0 aromatic rings. The first-order chi connectivity index (χ1) is 10.8. The van der Waals surface area contributed by atoms with Gasteiger partial charge in [0, 0.05) is 32.7 Å². The van der Waals surface area contributed by atoms with Gasteiger partial charge in [0.2, 0.25) is 0 Å². The highest BCUT2D eigenvalue weighted by Gasteiger charge is 2.35. The minimum absolute atomic E-state index is 0.128. The lowest BCUT2D eigenvalue weighted by atomic mass is 9.78. The second kappa shape index (κ2) is 9.11. The van der Waals surface area contributed by atoms with Gasteiger partial charge in [0.1, 0.15) is 0 Å². The van der Waals surface area contributed by atoms with Crippen LogP contribution >= 0.6 is 0 Å². The van der Waals surface area contributed by atoms with Gasteiger partial charge in [0.25, 0.3) is 0 Å². The largest absolute Gasteiger partial charge is 0.469 e. The standard InChI is InChI=1S/C17H33N3O3/c1-12(15(21)22-6)10-19-16(18-5)20-11-13-8-7-9-23-14(13)17(2,3)4/h12-14H,7-11H2,1-6H3,(H2,18,19,20).